The summed E-state index contributed by atoms with van der Waals surface area (Å²) < 4.78 is 2.53. The second-order valence-electron chi connectivity index (χ2n) is 10.6. The smallest absolute Gasteiger partial charge is 0.226 e. The Balaban J connectivity index is 1.43. The normalized spacial score (nSPS) is 19.9. The molecule has 6 nitrogen and oxygen atoms in total. The maximum atomic E-state index is 13.0. The molecule has 1 amide bonds. The molecule has 0 spiro atoms. The zero-order chi connectivity index (χ0) is 26.1. The molecule has 2 atom stereocenters. The van der Waals surface area contributed by atoms with E-state index in [1.807, 2.05) is 44.3 Å². The van der Waals surface area contributed by atoms with Crippen molar-refractivity contribution >= 4 is 28.9 Å². The molecule has 37 heavy (non-hydrogen) atoms. The molecule has 2 N–H and O–H groups in total. The van der Waals surface area contributed by atoms with Gasteiger partial charge >= 0.3 is 0 Å². The minimum atomic E-state index is -0.0756. The molecule has 1 aliphatic carbocycles. The summed E-state index contributed by atoms with van der Waals surface area (Å²) in [6.45, 7) is 9.04. The minimum absolute atomic E-state index is 0.00651. The SMILES string of the molecule is Cc1ccc(C)c(NC(=O)CCN2C(=S)N[C@@H](c3ccccn3)[C@@H]2c2cc(C)n(C3CCCC3)c2C)c1. The quantitative estimate of drug-likeness (QED) is 0.365. The predicted molar refractivity (Wildman–Crippen MR) is 153 cm³/mol. The lowest BCUT2D eigenvalue weighted by molar-refractivity contribution is -0.116. The van der Waals surface area contributed by atoms with Gasteiger partial charge in [0.15, 0.2) is 5.11 Å². The van der Waals surface area contributed by atoms with Gasteiger partial charge in [-0.1, -0.05) is 31.0 Å². The Kier molecular flexibility index (Phi) is 7.33. The van der Waals surface area contributed by atoms with Gasteiger partial charge in [-0.05, 0) is 93.7 Å². The highest BCUT2D eigenvalue weighted by atomic mass is 32.1. The Bertz CT molecular complexity index is 1290. The fourth-order valence-electron chi connectivity index (χ4n) is 6.12. The number of amides is 1. The third-order valence-corrected chi connectivity index (χ3v) is 8.33. The van der Waals surface area contributed by atoms with Gasteiger partial charge in [-0.15, -0.1) is 0 Å². The molecule has 2 aromatic heterocycles. The van der Waals surface area contributed by atoms with Crippen molar-refractivity contribution in [3.63, 3.8) is 0 Å². The average molecular weight is 516 g/mol. The summed E-state index contributed by atoms with van der Waals surface area (Å²) in [4.78, 5) is 19.9. The van der Waals surface area contributed by atoms with Gasteiger partial charge < -0.3 is 20.1 Å². The number of thiocarbonyl (C=S) groups is 1. The van der Waals surface area contributed by atoms with Crippen LogP contribution in [0, 0.1) is 27.7 Å². The van der Waals surface area contributed by atoms with Crippen molar-refractivity contribution in [3.8, 4) is 0 Å². The zero-order valence-corrected chi connectivity index (χ0v) is 23.1. The molecule has 194 valence electrons. The molecule has 0 unspecified atom stereocenters. The van der Waals surface area contributed by atoms with E-state index in [2.05, 4.69) is 57.1 Å². The largest absolute Gasteiger partial charge is 0.352 e. The highest BCUT2D eigenvalue weighted by molar-refractivity contribution is 7.80. The second kappa shape index (κ2) is 10.7. The van der Waals surface area contributed by atoms with Gasteiger partial charge in [-0.3, -0.25) is 9.78 Å². The zero-order valence-electron chi connectivity index (χ0n) is 22.3. The number of carbonyl (C=O) groups is 1. The maximum Gasteiger partial charge on any atom is 0.226 e. The van der Waals surface area contributed by atoms with Crippen molar-refractivity contribution in [2.45, 2.75) is 77.9 Å². The molecule has 1 saturated carbocycles. The molecular formula is C30H37N5OS. The summed E-state index contributed by atoms with van der Waals surface area (Å²) in [5.74, 6) is -0.00651. The number of nitrogens with zero attached hydrogens (tertiary/aromatic N) is 3. The number of hydrogen-bond donors (Lipinski definition) is 2. The van der Waals surface area contributed by atoms with E-state index >= 15 is 0 Å². The number of benzene rings is 1. The van der Waals surface area contributed by atoms with Crippen molar-refractivity contribution in [2.75, 3.05) is 11.9 Å². The van der Waals surface area contributed by atoms with E-state index in [0.29, 0.717) is 24.1 Å². The molecule has 0 bridgehead atoms. The van der Waals surface area contributed by atoms with Gasteiger partial charge in [0.05, 0.1) is 17.8 Å². The third-order valence-electron chi connectivity index (χ3n) is 7.98. The van der Waals surface area contributed by atoms with Crippen molar-refractivity contribution < 1.29 is 4.79 Å². The minimum Gasteiger partial charge on any atom is -0.352 e. The number of pyridine rings is 1. The summed E-state index contributed by atoms with van der Waals surface area (Å²) in [6.07, 6.45) is 7.25. The van der Waals surface area contributed by atoms with Crippen LogP contribution in [0.5, 0.6) is 0 Å². The van der Waals surface area contributed by atoms with Crippen LogP contribution in [-0.4, -0.2) is 32.0 Å². The van der Waals surface area contributed by atoms with Crippen molar-refractivity contribution in [1.29, 1.82) is 0 Å². The van der Waals surface area contributed by atoms with Crippen LogP contribution in [0.25, 0.3) is 0 Å². The number of carbonyl (C=O) groups excluding carboxylic acids is 1. The lowest BCUT2D eigenvalue weighted by atomic mass is 9.96. The number of nitrogens with one attached hydrogen (secondary N) is 2. The van der Waals surface area contributed by atoms with Gasteiger partial charge in [0, 0.05) is 42.3 Å². The Morgan fingerprint density at radius 2 is 1.89 bits per heavy atom. The van der Waals surface area contributed by atoms with Gasteiger partial charge in [-0.2, -0.15) is 0 Å². The van der Waals surface area contributed by atoms with Crippen molar-refractivity contribution in [1.82, 2.24) is 19.8 Å². The van der Waals surface area contributed by atoms with Crippen LogP contribution in [-0.2, 0) is 4.79 Å². The molecule has 2 aliphatic rings. The Labute approximate surface area is 225 Å². The molecule has 5 rings (SSSR count). The van der Waals surface area contributed by atoms with E-state index in [4.69, 9.17) is 12.2 Å². The first-order chi connectivity index (χ1) is 17.8. The third kappa shape index (κ3) is 5.14. The van der Waals surface area contributed by atoms with Crippen molar-refractivity contribution in [3.05, 3.63) is 82.4 Å². The highest BCUT2D eigenvalue weighted by Gasteiger charge is 2.41. The highest BCUT2D eigenvalue weighted by Crippen LogP contribution is 2.43. The van der Waals surface area contributed by atoms with Gasteiger partial charge in [0.25, 0.3) is 0 Å². The number of hydrogen-bond acceptors (Lipinski definition) is 3. The Morgan fingerprint density at radius 3 is 2.62 bits per heavy atom. The molecule has 1 aromatic carbocycles. The van der Waals surface area contributed by atoms with E-state index in [1.54, 1.807) is 0 Å². The van der Waals surface area contributed by atoms with Crippen molar-refractivity contribution in [2.24, 2.45) is 0 Å². The predicted octanol–water partition coefficient (Wildman–Crippen LogP) is 6.23. The molecule has 3 aromatic rings. The molecule has 1 saturated heterocycles. The Hall–Kier alpha value is -3.19. The second-order valence-corrected chi connectivity index (χ2v) is 11.0. The van der Waals surface area contributed by atoms with E-state index in [1.165, 1.54) is 42.6 Å². The van der Waals surface area contributed by atoms with E-state index < -0.39 is 0 Å². The van der Waals surface area contributed by atoms with E-state index in [9.17, 15) is 4.79 Å². The first kappa shape index (κ1) is 25.5. The van der Waals surface area contributed by atoms with Crippen LogP contribution in [0.15, 0.2) is 48.7 Å². The number of rotatable bonds is 7. The van der Waals surface area contributed by atoms with E-state index in [0.717, 1.165) is 22.5 Å². The summed E-state index contributed by atoms with van der Waals surface area (Å²) >= 11 is 5.85. The van der Waals surface area contributed by atoms with Crippen LogP contribution in [0.2, 0.25) is 0 Å². The lowest BCUT2D eigenvalue weighted by Gasteiger charge is -2.28. The first-order valence-electron chi connectivity index (χ1n) is 13.4. The van der Waals surface area contributed by atoms with Gasteiger partial charge in [-0.25, -0.2) is 0 Å². The summed E-state index contributed by atoms with van der Waals surface area (Å²) in [5.41, 5.74) is 7.88. The molecule has 1 aliphatic heterocycles. The lowest BCUT2D eigenvalue weighted by Crippen LogP contribution is -2.33. The van der Waals surface area contributed by atoms with Crippen LogP contribution in [0.3, 0.4) is 0 Å². The summed E-state index contributed by atoms with van der Waals surface area (Å²) in [5, 5.41) is 7.31. The van der Waals surface area contributed by atoms with Crippen LogP contribution >= 0.6 is 12.2 Å². The fourth-order valence-corrected chi connectivity index (χ4v) is 6.45. The monoisotopic (exact) mass is 515 g/mol. The van der Waals surface area contributed by atoms with Crippen LogP contribution in [0.1, 0.15) is 84.0 Å². The fraction of sp³-hybridized carbons (Fsp3) is 0.433. The summed E-state index contributed by atoms with van der Waals surface area (Å²) in [6, 6.07) is 14.9. The molecule has 2 fully saturated rings. The van der Waals surface area contributed by atoms with Gasteiger partial charge in [0.2, 0.25) is 5.91 Å². The first-order valence-corrected chi connectivity index (χ1v) is 13.8. The Morgan fingerprint density at radius 1 is 1.11 bits per heavy atom. The van der Waals surface area contributed by atoms with Crippen LogP contribution in [0.4, 0.5) is 5.69 Å². The average Bonchev–Trinajstić information content (AvgIpc) is 3.58. The number of anilines is 1. The number of aryl methyl sites for hydroxylation is 3. The standard InChI is InChI=1S/C30H37N5OS/c1-19-12-13-20(2)26(17-19)32-27(36)14-16-34-29(28(33-30(34)37)25-11-7-8-15-31-25)24-18-21(3)35(22(24)4)23-9-5-6-10-23/h7-8,11-13,15,17-18,23,28-29H,5-6,9-10,14,16H2,1-4H3,(H,32,36)(H,33,37)/t28-,29-/m0/s1. The van der Waals surface area contributed by atoms with Gasteiger partial charge in [0.1, 0.15) is 0 Å². The molecule has 7 heteroatoms. The molecule has 0 radical (unpaired) electrons. The molecule has 3 heterocycles. The van der Waals surface area contributed by atoms with Crippen LogP contribution < -0.4 is 10.6 Å². The topological polar surface area (TPSA) is 62.2 Å². The summed E-state index contributed by atoms with van der Waals surface area (Å²) in [7, 11) is 0. The van der Waals surface area contributed by atoms with E-state index in [-0.39, 0.29) is 18.0 Å². The molecular weight excluding hydrogens is 478 g/mol. The number of aromatic nitrogens is 2. The maximum absolute atomic E-state index is 13.0.